The summed E-state index contributed by atoms with van der Waals surface area (Å²) in [5, 5.41) is 3.53. The van der Waals surface area contributed by atoms with Crippen molar-refractivity contribution >= 4 is 39.1 Å². The van der Waals surface area contributed by atoms with E-state index in [1.807, 2.05) is 12.1 Å². The second-order valence-electron chi connectivity index (χ2n) is 10.6. The molecule has 0 bridgehead atoms. The Morgan fingerprint density at radius 1 is 0.884 bits per heavy atom. The first-order valence-electron chi connectivity index (χ1n) is 14.3. The van der Waals surface area contributed by atoms with Crippen LogP contribution in [-0.4, -0.2) is 58.0 Å². The lowest BCUT2D eigenvalue weighted by molar-refractivity contribution is -0.139. The van der Waals surface area contributed by atoms with Gasteiger partial charge in [0.1, 0.15) is 24.1 Å². The molecule has 1 aliphatic rings. The van der Waals surface area contributed by atoms with Gasteiger partial charge in [0.15, 0.2) is 0 Å². The van der Waals surface area contributed by atoms with Crippen molar-refractivity contribution in [1.29, 1.82) is 0 Å². The van der Waals surface area contributed by atoms with E-state index in [-0.39, 0.29) is 29.1 Å². The Balaban J connectivity index is 1.67. The van der Waals surface area contributed by atoms with Gasteiger partial charge in [-0.3, -0.25) is 13.9 Å². The number of nitrogens with one attached hydrogen (secondary N) is 1. The standard InChI is InChI=1S/C32H38ClN3O6S/c1-23(32(38)34-26-7-5-4-6-8-26)35(21-24-9-15-28(41-2)16-10-24)31(37)22-36(27-13-11-25(33)12-14-27)43(39,40)30-19-17-29(42-3)18-20-30/h9-20,23,26H,4-8,21-22H2,1-3H3,(H,34,38)/t23-/m1/s1. The summed E-state index contributed by atoms with van der Waals surface area (Å²) in [6, 6.07) is 18.5. The van der Waals surface area contributed by atoms with Crippen LogP contribution in [0.2, 0.25) is 5.02 Å². The minimum Gasteiger partial charge on any atom is -0.497 e. The molecular formula is C32H38ClN3O6S. The molecular weight excluding hydrogens is 590 g/mol. The number of ether oxygens (including phenoxy) is 2. The Hall–Kier alpha value is -3.76. The molecule has 0 heterocycles. The molecule has 1 fully saturated rings. The highest BCUT2D eigenvalue weighted by Gasteiger charge is 2.33. The third kappa shape index (κ3) is 8.20. The van der Waals surface area contributed by atoms with Gasteiger partial charge in [-0.2, -0.15) is 0 Å². The van der Waals surface area contributed by atoms with Gasteiger partial charge in [0.2, 0.25) is 11.8 Å². The van der Waals surface area contributed by atoms with Crippen molar-refractivity contribution in [2.45, 2.75) is 62.6 Å². The fourth-order valence-corrected chi connectivity index (χ4v) is 6.63. The number of halogens is 1. The van der Waals surface area contributed by atoms with Crippen LogP contribution in [0.25, 0.3) is 0 Å². The van der Waals surface area contributed by atoms with Gasteiger partial charge in [0.05, 0.1) is 24.8 Å². The summed E-state index contributed by atoms with van der Waals surface area (Å²) in [6.07, 6.45) is 5.04. The summed E-state index contributed by atoms with van der Waals surface area (Å²) in [7, 11) is -1.14. The van der Waals surface area contributed by atoms with Gasteiger partial charge in [-0.05, 0) is 86.0 Å². The molecule has 0 radical (unpaired) electrons. The van der Waals surface area contributed by atoms with Crippen molar-refractivity contribution in [3.05, 3.63) is 83.4 Å². The third-order valence-electron chi connectivity index (χ3n) is 7.67. The summed E-state index contributed by atoms with van der Waals surface area (Å²) in [6.45, 7) is 1.23. The summed E-state index contributed by atoms with van der Waals surface area (Å²) in [4.78, 5) is 29.0. The Labute approximate surface area is 258 Å². The smallest absolute Gasteiger partial charge is 0.264 e. The van der Waals surface area contributed by atoms with Crippen LogP contribution in [0.5, 0.6) is 11.5 Å². The van der Waals surface area contributed by atoms with E-state index < -0.39 is 28.5 Å². The topological polar surface area (TPSA) is 105 Å². The molecule has 230 valence electrons. The van der Waals surface area contributed by atoms with Crippen molar-refractivity contribution in [1.82, 2.24) is 10.2 Å². The maximum absolute atomic E-state index is 14.1. The van der Waals surface area contributed by atoms with Gasteiger partial charge >= 0.3 is 0 Å². The lowest BCUT2D eigenvalue weighted by atomic mass is 9.95. The van der Waals surface area contributed by atoms with Crippen molar-refractivity contribution in [3.8, 4) is 11.5 Å². The lowest BCUT2D eigenvalue weighted by Crippen LogP contribution is -2.53. The number of methoxy groups -OCH3 is 2. The van der Waals surface area contributed by atoms with Crippen LogP contribution >= 0.6 is 11.6 Å². The number of nitrogens with zero attached hydrogens (tertiary/aromatic N) is 2. The Kier molecular flexibility index (Phi) is 10.9. The first-order chi connectivity index (χ1) is 20.6. The molecule has 0 spiro atoms. The molecule has 4 rings (SSSR count). The van der Waals surface area contributed by atoms with Crippen LogP contribution in [0.4, 0.5) is 5.69 Å². The summed E-state index contributed by atoms with van der Waals surface area (Å²) < 4.78 is 39.4. The second kappa shape index (κ2) is 14.6. The van der Waals surface area contributed by atoms with E-state index in [1.165, 1.54) is 24.1 Å². The van der Waals surface area contributed by atoms with Gasteiger partial charge in [0, 0.05) is 17.6 Å². The van der Waals surface area contributed by atoms with Crippen molar-refractivity contribution in [3.63, 3.8) is 0 Å². The van der Waals surface area contributed by atoms with E-state index in [9.17, 15) is 18.0 Å². The quantitative estimate of drug-likeness (QED) is 0.288. The van der Waals surface area contributed by atoms with Crippen LogP contribution in [0.3, 0.4) is 0 Å². The zero-order chi connectivity index (χ0) is 31.0. The van der Waals surface area contributed by atoms with E-state index in [0.29, 0.717) is 16.5 Å². The molecule has 1 saturated carbocycles. The molecule has 0 unspecified atom stereocenters. The van der Waals surface area contributed by atoms with Gasteiger partial charge in [-0.1, -0.05) is 43.0 Å². The van der Waals surface area contributed by atoms with Crippen LogP contribution < -0.4 is 19.1 Å². The number of rotatable bonds is 12. The van der Waals surface area contributed by atoms with E-state index in [2.05, 4.69) is 5.32 Å². The van der Waals surface area contributed by atoms with E-state index in [4.69, 9.17) is 21.1 Å². The number of amides is 2. The molecule has 1 aliphatic carbocycles. The maximum Gasteiger partial charge on any atom is 0.264 e. The Bertz CT molecular complexity index is 1470. The molecule has 11 heteroatoms. The van der Waals surface area contributed by atoms with E-state index in [0.717, 1.165) is 42.0 Å². The highest BCUT2D eigenvalue weighted by molar-refractivity contribution is 7.92. The normalized spacial score (nSPS) is 14.4. The number of carbonyl (C=O) groups excluding carboxylic acids is 2. The SMILES string of the molecule is COc1ccc(CN(C(=O)CN(c2ccc(Cl)cc2)S(=O)(=O)c2ccc(OC)cc2)[C@H](C)C(=O)NC2CCCCC2)cc1. The first kappa shape index (κ1) is 32.2. The van der Waals surface area contributed by atoms with Crippen molar-refractivity contribution in [2.24, 2.45) is 0 Å². The third-order valence-corrected chi connectivity index (χ3v) is 9.71. The van der Waals surface area contributed by atoms with Crippen molar-refractivity contribution in [2.75, 3.05) is 25.1 Å². The van der Waals surface area contributed by atoms with Crippen LogP contribution in [0.1, 0.15) is 44.6 Å². The van der Waals surface area contributed by atoms with Crippen LogP contribution in [0, 0.1) is 0 Å². The van der Waals surface area contributed by atoms with Gasteiger partial charge in [-0.25, -0.2) is 8.42 Å². The largest absolute Gasteiger partial charge is 0.497 e. The summed E-state index contributed by atoms with van der Waals surface area (Å²) >= 11 is 6.10. The molecule has 0 aromatic heterocycles. The molecule has 3 aromatic rings. The molecule has 9 nitrogen and oxygen atoms in total. The predicted molar refractivity (Wildman–Crippen MR) is 167 cm³/mol. The molecule has 1 N–H and O–H groups in total. The summed E-state index contributed by atoms with van der Waals surface area (Å²) in [5.74, 6) is 0.347. The highest BCUT2D eigenvalue weighted by Crippen LogP contribution is 2.27. The van der Waals surface area contributed by atoms with Gasteiger partial charge < -0.3 is 19.7 Å². The molecule has 0 aliphatic heterocycles. The first-order valence-corrected chi connectivity index (χ1v) is 16.1. The fraction of sp³-hybridized carbons (Fsp3) is 0.375. The number of hydrogen-bond acceptors (Lipinski definition) is 6. The zero-order valence-electron chi connectivity index (χ0n) is 24.7. The van der Waals surface area contributed by atoms with Gasteiger partial charge in [0.25, 0.3) is 10.0 Å². The minimum absolute atomic E-state index is 0.0131. The number of hydrogen-bond donors (Lipinski definition) is 1. The Morgan fingerprint density at radius 2 is 1.44 bits per heavy atom. The number of benzene rings is 3. The number of anilines is 1. The number of carbonyl (C=O) groups is 2. The molecule has 43 heavy (non-hydrogen) atoms. The highest BCUT2D eigenvalue weighted by atomic mass is 35.5. The predicted octanol–water partition coefficient (Wildman–Crippen LogP) is 5.42. The molecule has 3 aromatic carbocycles. The number of sulfonamides is 1. The monoisotopic (exact) mass is 627 g/mol. The lowest BCUT2D eigenvalue weighted by Gasteiger charge is -2.33. The molecule has 0 saturated heterocycles. The second-order valence-corrected chi connectivity index (χ2v) is 12.9. The Morgan fingerprint density at radius 3 is 2.00 bits per heavy atom. The average molecular weight is 628 g/mol. The van der Waals surface area contributed by atoms with Crippen molar-refractivity contribution < 1.29 is 27.5 Å². The minimum atomic E-state index is -4.20. The fourth-order valence-electron chi connectivity index (χ4n) is 5.09. The molecule has 2 amide bonds. The summed E-state index contributed by atoms with van der Waals surface area (Å²) in [5.41, 5.74) is 1.03. The van der Waals surface area contributed by atoms with E-state index >= 15 is 0 Å². The van der Waals surface area contributed by atoms with Crippen LogP contribution in [0.15, 0.2) is 77.7 Å². The van der Waals surface area contributed by atoms with Crippen LogP contribution in [-0.2, 0) is 26.2 Å². The molecule has 1 atom stereocenters. The van der Waals surface area contributed by atoms with E-state index in [1.54, 1.807) is 62.6 Å². The maximum atomic E-state index is 14.1. The average Bonchev–Trinajstić information content (AvgIpc) is 3.03. The zero-order valence-corrected chi connectivity index (χ0v) is 26.2. The van der Waals surface area contributed by atoms with Gasteiger partial charge in [-0.15, -0.1) is 0 Å².